The molecule has 0 fully saturated rings. The number of carbonyl (C=O) groups excluding carboxylic acids is 1. The molecule has 0 aliphatic carbocycles. The number of nitrogens with one attached hydrogen (secondary N) is 1. The van der Waals surface area contributed by atoms with Crippen LogP contribution < -0.4 is 19.5 Å². The van der Waals surface area contributed by atoms with Gasteiger partial charge in [0.15, 0.2) is 21.5 Å². The molecule has 5 aromatic carbocycles. The molecule has 1 amide bonds. The Morgan fingerprint density at radius 2 is 1.40 bits per heavy atom. The first-order chi connectivity index (χ1) is 25.7. The number of benzene rings is 5. The Kier molecular flexibility index (Phi) is 11.8. The third-order valence-corrected chi connectivity index (χ3v) is 10.8. The summed E-state index contributed by atoms with van der Waals surface area (Å²) < 4.78 is 50.7. The monoisotopic (exact) mass is 734 g/mol. The van der Waals surface area contributed by atoms with E-state index in [2.05, 4.69) is 5.32 Å². The van der Waals surface area contributed by atoms with Gasteiger partial charge in [-0.15, -0.1) is 0 Å². The lowest BCUT2D eigenvalue weighted by molar-refractivity contribution is -0.129. The number of nitrogens with zero attached hydrogens (tertiary/aromatic N) is 1. The van der Waals surface area contributed by atoms with Crippen LogP contribution in [-0.2, 0) is 25.9 Å². The number of rotatable bonds is 16. The van der Waals surface area contributed by atoms with Gasteiger partial charge in [0.25, 0.3) is 5.91 Å². The van der Waals surface area contributed by atoms with Gasteiger partial charge < -0.3 is 29.4 Å². The van der Waals surface area contributed by atoms with Gasteiger partial charge in [0.05, 0.1) is 31.5 Å². The van der Waals surface area contributed by atoms with E-state index in [-0.39, 0.29) is 36.1 Å². The molecule has 1 heterocycles. The van der Waals surface area contributed by atoms with Crippen molar-refractivity contribution in [2.24, 2.45) is 4.99 Å². The third-order valence-electron chi connectivity index (χ3n) is 9.07. The molecule has 2 N–H and O–H groups in total. The number of ether oxygens (including phenoxy) is 4. The van der Waals surface area contributed by atoms with Gasteiger partial charge in [-0.25, -0.2) is 13.4 Å². The molecule has 0 saturated carbocycles. The van der Waals surface area contributed by atoms with Gasteiger partial charge in [0.2, 0.25) is 5.90 Å². The molecule has 6 rings (SSSR count). The number of hydrogen-bond donors (Lipinski definition) is 2. The number of carbonyl (C=O) groups is 1. The van der Waals surface area contributed by atoms with E-state index < -0.39 is 27.4 Å². The normalized spacial score (nSPS) is 16.7. The largest absolute Gasteiger partial charge is 0.497 e. The van der Waals surface area contributed by atoms with Crippen LogP contribution in [0, 0.1) is 0 Å². The fourth-order valence-electron chi connectivity index (χ4n) is 6.19. The molecule has 0 saturated heterocycles. The van der Waals surface area contributed by atoms with Gasteiger partial charge in [0, 0.05) is 37.6 Å². The first-order valence-electron chi connectivity index (χ1n) is 17.3. The molecule has 1 aliphatic rings. The molecule has 2 atom stereocenters. The molecular formula is C42H42N2O8S. The van der Waals surface area contributed by atoms with Crippen LogP contribution in [0.1, 0.15) is 35.6 Å². The second-order valence-electron chi connectivity index (χ2n) is 12.6. The zero-order valence-corrected chi connectivity index (χ0v) is 30.4. The Labute approximate surface area is 310 Å². The maximum atomic E-state index is 14.8. The molecule has 5 aromatic rings. The van der Waals surface area contributed by atoms with E-state index in [1.54, 1.807) is 87.0 Å². The van der Waals surface area contributed by atoms with Gasteiger partial charge in [-0.3, -0.25) is 4.79 Å². The number of methoxy groups -OCH3 is 2. The Morgan fingerprint density at radius 1 is 0.792 bits per heavy atom. The topological polar surface area (TPSA) is 133 Å². The van der Waals surface area contributed by atoms with Crippen molar-refractivity contribution in [1.82, 2.24) is 5.32 Å². The smallest absolute Gasteiger partial charge is 0.252 e. The van der Waals surface area contributed by atoms with Gasteiger partial charge >= 0.3 is 0 Å². The summed E-state index contributed by atoms with van der Waals surface area (Å²) in [5.41, 5.74) is 2.26. The van der Waals surface area contributed by atoms with Crippen molar-refractivity contribution in [3.63, 3.8) is 0 Å². The number of hydrogen-bond acceptors (Lipinski definition) is 9. The summed E-state index contributed by atoms with van der Waals surface area (Å²) in [5, 5.41) is 12.2. The average Bonchev–Trinajstić information content (AvgIpc) is 3.61. The van der Waals surface area contributed by atoms with E-state index in [1.165, 1.54) is 0 Å². The molecule has 0 bridgehead atoms. The zero-order chi connectivity index (χ0) is 37.3. The highest BCUT2D eigenvalue weighted by molar-refractivity contribution is 7.91. The number of amides is 1. The van der Waals surface area contributed by atoms with Crippen LogP contribution in [0.4, 0.5) is 0 Å². The van der Waals surface area contributed by atoms with Gasteiger partial charge in [-0.1, -0.05) is 72.8 Å². The predicted molar refractivity (Wildman–Crippen MR) is 203 cm³/mol. The van der Waals surface area contributed by atoms with Crippen molar-refractivity contribution in [3.8, 4) is 28.4 Å². The minimum Gasteiger partial charge on any atom is -0.497 e. The standard InChI is InChI=1S/C42H42N2O8S/c1-49-36-26-30(27-37(28-36)50-2)29-43-41(46)42(22-25-53(47,48)38-12-7-4-8-13-38)39(33-16-14-32(15-17-33)31-10-5-3-6-11-31)52-40(44-42)34-18-20-35(21-19-34)51-24-9-23-45/h3-8,10-21,26-28,39,45H,9,22-25,29H2,1-2H3,(H,43,46)/t39-,42-/m1/s1. The van der Waals surface area contributed by atoms with Gasteiger partial charge in [-0.2, -0.15) is 0 Å². The van der Waals surface area contributed by atoms with E-state index in [0.717, 1.165) is 11.1 Å². The van der Waals surface area contributed by atoms with E-state index in [1.807, 2.05) is 54.6 Å². The summed E-state index contributed by atoms with van der Waals surface area (Å²) in [4.78, 5) is 19.9. The lowest BCUT2D eigenvalue weighted by Gasteiger charge is -2.31. The van der Waals surface area contributed by atoms with Crippen molar-refractivity contribution in [2.75, 3.05) is 33.2 Å². The number of aliphatic hydroxyl groups excluding tert-OH is 1. The predicted octanol–water partition coefficient (Wildman–Crippen LogP) is 6.57. The van der Waals surface area contributed by atoms with Crippen LogP contribution >= 0.6 is 0 Å². The highest BCUT2D eigenvalue weighted by atomic mass is 32.2. The molecule has 10 nitrogen and oxygen atoms in total. The summed E-state index contributed by atoms with van der Waals surface area (Å²) in [7, 11) is -0.727. The summed E-state index contributed by atoms with van der Waals surface area (Å²) in [6, 6.07) is 38.2. The first-order valence-corrected chi connectivity index (χ1v) is 18.9. The number of sulfone groups is 1. The van der Waals surface area contributed by atoms with Crippen molar-refractivity contribution in [1.29, 1.82) is 0 Å². The van der Waals surface area contributed by atoms with Crippen molar-refractivity contribution < 1.29 is 37.3 Å². The van der Waals surface area contributed by atoms with E-state index in [0.29, 0.717) is 47.0 Å². The highest BCUT2D eigenvalue weighted by Crippen LogP contribution is 2.44. The van der Waals surface area contributed by atoms with Crippen LogP contribution in [0.5, 0.6) is 17.2 Å². The first kappa shape index (κ1) is 37.1. The van der Waals surface area contributed by atoms with Crippen molar-refractivity contribution in [2.45, 2.75) is 35.9 Å². The number of aliphatic imine (C=N–C) groups is 1. The molecule has 0 radical (unpaired) electrons. The maximum Gasteiger partial charge on any atom is 0.252 e. The lowest BCUT2D eigenvalue weighted by atomic mass is 9.84. The summed E-state index contributed by atoms with van der Waals surface area (Å²) in [6.07, 6.45) is -0.656. The van der Waals surface area contributed by atoms with E-state index in [9.17, 15) is 13.2 Å². The Balaban J connectivity index is 1.41. The van der Waals surface area contributed by atoms with Crippen LogP contribution in [0.15, 0.2) is 137 Å². The maximum absolute atomic E-state index is 14.8. The molecular weight excluding hydrogens is 693 g/mol. The molecule has 0 unspecified atom stereocenters. The molecule has 11 heteroatoms. The van der Waals surface area contributed by atoms with Gasteiger partial charge in [0.1, 0.15) is 17.2 Å². The van der Waals surface area contributed by atoms with Crippen LogP contribution in [0.2, 0.25) is 0 Å². The summed E-state index contributed by atoms with van der Waals surface area (Å²) >= 11 is 0. The fraction of sp³-hybridized carbons (Fsp3) is 0.238. The SMILES string of the molecule is COc1cc(CNC(=O)[C@]2(CCS(=O)(=O)c3ccccc3)N=C(c3ccc(OCCCO)cc3)O[C@@H]2c2ccc(-c3ccccc3)cc2)cc(OC)c1. The molecule has 1 aliphatic heterocycles. The Morgan fingerprint density at radius 3 is 2.02 bits per heavy atom. The summed E-state index contributed by atoms with van der Waals surface area (Å²) in [5.74, 6) is 1.04. The van der Waals surface area contributed by atoms with Gasteiger partial charge in [-0.05, 0) is 70.8 Å². The van der Waals surface area contributed by atoms with Crippen LogP contribution in [0.25, 0.3) is 11.1 Å². The molecule has 0 aromatic heterocycles. The third kappa shape index (κ3) is 8.70. The fourth-order valence-corrected chi connectivity index (χ4v) is 7.58. The Hall–Kier alpha value is -5.65. The average molecular weight is 735 g/mol. The minimum atomic E-state index is -3.82. The van der Waals surface area contributed by atoms with Crippen molar-refractivity contribution >= 4 is 21.6 Å². The van der Waals surface area contributed by atoms with Crippen molar-refractivity contribution in [3.05, 3.63) is 144 Å². The molecule has 0 spiro atoms. The second kappa shape index (κ2) is 16.8. The molecule has 53 heavy (non-hydrogen) atoms. The summed E-state index contributed by atoms with van der Waals surface area (Å²) in [6.45, 7) is 0.461. The van der Waals surface area contributed by atoms with E-state index in [4.69, 9.17) is 29.0 Å². The zero-order valence-electron chi connectivity index (χ0n) is 29.6. The van der Waals surface area contributed by atoms with Crippen LogP contribution in [-0.4, -0.2) is 64.1 Å². The lowest BCUT2D eigenvalue weighted by Crippen LogP contribution is -2.49. The quantitative estimate of drug-likeness (QED) is 0.109. The molecule has 274 valence electrons. The van der Waals surface area contributed by atoms with E-state index >= 15 is 0 Å². The minimum absolute atomic E-state index is 0.0198. The van der Waals surface area contributed by atoms with Crippen LogP contribution in [0.3, 0.4) is 0 Å². The number of aliphatic hydroxyl groups is 1. The second-order valence-corrected chi connectivity index (χ2v) is 14.7. The Bertz CT molecular complexity index is 2100. The highest BCUT2D eigenvalue weighted by Gasteiger charge is 2.53.